The molecular formula is C21H17Cl2N3O. The van der Waals surface area contributed by atoms with Gasteiger partial charge in [-0.3, -0.25) is 9.78 Å². The third-order valence-corrected chi connectivity index (χ3v) is 5.18. The number of carbonyl (C=O) groups excluding carboxylic acids is 1. The van der Waals surface area contributed by atoms with Crippen LogP contribution in [0.4, 0.5) is 11.4 Å². The number of nitrogens with one attached hydrogen (secondary N) is 1. The Kier molecular flexibility index (Phi) is 5.01. The molecule has 1 amide bonds. The first-order valence-corrected chi connectivity index (χ1v) is 9.39. The first-order chi connectivity index (χ1) is 13.1. The van der Waals surface area contributed by atoms with E-state index in [0.717, 1.165) is 6.42 Å². The molecule has 0 spiro atoms. The summed E-state index contributed by atoms with van der Waals surface area (Å²) in [5, 5.41) is 4.30. The van der Waals surface area contributed by atoms with Gasteiger partial charge in [0.2, 0.25) is 0 Å². The fourth-order valence-corrected chi connectivity index (χ4v) is 3.56. The molecule has 0 saturated heterocycles. The number of amides is 1. The van der Waals surface area contributed by atoms with Gasteiger partial charge in [0.25, 0.3) is 5.91 Å². The lowest BCUT2D eigenvalue weighted by Gasteiger charge is -2.29. The van der Waals surface area contributed by atoms with Crippen molar-refractivity contribution in [2.75, 3.05) is 11.9 Å². The number of benzene rings is 2. The van der Waals surface area contributed by atoms with Gasteiger partial charge in [0.05, 0.1) is 28.2 Å². The molecule has 3 aromatic rings. The number of pyridine rings is 1. The molecule has 1 aromatic heterocycles. The highest BCUT2D eigenvalue weighted by atomic mass is 35.5. The van der Waals surface area contributed by atoms with Crippen LogP contribution in [-0.2, 0) is 13.0 Å². The van der Waals surface area contributed by atoms with E-state index in [2.05, 4.69) is 22.4 Å². The molecule has 2 aromatic carbocycles. The fraction of sp³-hybridized carbons (Fsp3) is 0.143. The number of hydrogen-bond donors (Lipinski definition) is 1. The Bertz CT molecular complexity index is 1010. The van der Waals surface area contributed by atoms with Gasteiger partial charge in [0.15, 0.2) is 0 Å². The van der Waals surface area contributed by atoms with Crippen LogP contribution in [0.25, 0.3) is 0 Å². The summed E-state index contributed by atoms with van der Waals surface area (Å²) in [6, 6.07) is 15.2. The predicted molar refractivity (Wildman–Crippen MR) is 109 cm³/mol. The van der Waals surface area contributed by atoms with Crippen molar-refractivity contribution in [2.45, 2.75) is 13.0 Å². The molecule has 0 saturated carbocycles. The minimum Gasteiger partial charge on any atom is -0.353 e. The molecule has 0 fully saturated rings. The molecule has 0 unspecified atom stereocenters. The van der Waals surface area contributed by atoms with E-state index in [4.69, 9.17) is 23.2 Å². The summed E-state index contributed by atoms with van der Waals surface area (Å²) in [4.78, 5) is 19.0. The molecule has 0 aliphatic carbocycles. The van der Waals surface area contributed by atoms with E-state index in [9.17, 15) is 4.79 Å². The van der Waals surface area contributed by atoms with Crippen molar-refractivity contribution >= 4 is 40.5 Å². The quantitative estimate of drug-likeness (QED) is 0.649. The van der Waals surface area contributed by atoms with Crippen LogP contribution in [0.5, 0.6) is 0 Å². The molecule has 1 N–H and O–H groups in total. The van der Waals surface area contributed by atoms with E-state index in [1.165, 1.54) is 11.1 Å². The molecule has 1 aliphatic rings. The molecular weight excluding hydrogens is 381 g/mol. The van der Waals surface area contributed by atoms with Gasteiger partial charge in [0.1, 0.15) is 0 Å². The fourth-order valence-electron chi connectivity index (χ4n) is 3.23. The highest BCUT2D eigenvalue weighted by molar-refractivity contribution is 6.35. The Hall–Kier alpha value is -2.56. The maximum absolute atomic E-state index is 12.9. The molecule has 4 nitrogen and oxygen atoms in total. The normalized spacial score (nSPS) is 13.2. The average Bonchev–Trinajstić information content (AvgIpc) is 2.70. The summed E-state index contributed by atoms with van der Waals surface area (Å²) in [5.41, 5.74) is 4.40. The van der Waals surface area contributed by atoms with Crippen molar-refractivity contribution < 1.29 is 4.79 Å². The molecule has 2 heterocycles. The summed E-state index contributed by atoms with van der Waals surface area (Å²) >= 11 is 12.2. The Labute approximate surface area is 167 Å². The van der Waals surface area contributed by atoms with Gasteiger partial charge in [-0.25, -0.2) is 0 Å². The predicted octanol–water partition coefficient (Wildman–Crippen LogP) is 5.33. The third kappa shape index (κ3) is 3.92. The zero-order valence-electron chi connectivity index (χ0n) is 14.5. The summed E-state index contributed by atoms with van der Waals surface area (Å²) < 4.78 is 0. The second kappa shape index (κ2) is 7.59. The smallest absolute Gasteiger partial charge is 0.255 e. The van der Waals surface area contributed by atoms with E-state index in [0.29, 0.717) is 40.1 Å². The van der Waals surface area contributed by atoms with E-state index in [1.54, 1.807) is 36.7 Å². The minimum absolute atomic E-state index is 0.0298. The van der Waals surface area contributed by atoms with Crippen molar-refractivity contribution in [3.63, 3.8) is 0 Å². The van der Waals surface area contributed by atoms with Crippen LogP contribution in [0.3, 0.4) is 0 Å². The van der Waals surface area contributed by atoms with Gasteiger partial charge in [-0.1, -0.05) is 47.5 Å². The van der Waals surface area contributed by atoms with Gasteiger partial charge in [-0.15, -0.1) is 0 Å². The number of halogens is 2. The van der Waals surface area contributed by atoms with Crippen LogP contribution in [0.2, 0.25) is 10.0 Å². The number of nitrogens with zero attached hydrogens (tertiary/aromatic N) is 2. The highest BCUT2D eigenvalue weighted by Gasteiger charge is 2.22. The molecule has 1 aliphatic heterocycles. The van der Waals surface area contributed by atoms with Gasteiger partial charge in [-0.05, 0) is 41.8 Å². The SMILES string of the molecule is O=C(c1cncc(Nc2cc(Cl)ccc2Cl)c1)N1CCc2ccccc2C1. The maximum atomic E-state index is 12.9. The molecule has 0 bridgehead atoms. The monoisotopic (exact) mass is 397 g/mol. The standard InChI is InChI=1S/C21H17Cl2N3O/c22-17-5-6-19(23)20(10-17)25-18-9-16(11-24-12-18)21(27)26-8-7-14-3-1-2-4-15(14)13-26/h1-6,9-12,25H,7-8,13H2. The number of carbonyl (C=O) groups is 1. The van der Waals surface area contributed by atoms with Crippen LogP contribution in [0, 0.1) is 0 Å². The first-order valence-electron chi connectivity index (χ1n) is 8.63. The summed E-state index contributed by atoms with van der Waals surface area (Å²) in [5.74, 6) is -0.0298. The second-order valence-corrected chi connectivity index (χ2v) is 7.30. The van der Waals surface area contributed by atoms with Crippen LogP contribution < -0.4 is 5.32 Å². The zero-order chi connectivity index (χ0) is 18.8. The van der Waals surface area contributed by atoms with E-state index in [1.807, 2.05) is 17.0 Å². The van der Waals surface area contributed by atoms with Gasteiger partial charge in [0, 0.05) is 24.3 Å². The Morgan fingerprint density at radius 3 is 2.70 bits per heavy atom. The lowest BCUT2D eigenvalue weighted by atomic mass is 9.99. The minimum atomic E-state index is -0.0298. The largest absolute Gasteiger partial charge is 0.353 e. The molecule has 0 radical (unpaired) electrons. The second-order valence-electron chi connectivity index (χ2n) is 6.46. The molecule has 4 rings (SSSR count). The number of aromatic nitrogens is 1. The van der Waals surface area contributed by atoms with E-state index in [-0.39, 0.29) is 5.91 Å². The van der Waals surface area contributed by atoms with Crippen LogP contribution in [-0.4, -0.2) is 22.3 Å². The average molecular weight is 398 g/mol. The molecule has 27 heavy (non-hydrogen) atoms. The van der Waals surface area contributed by atoms with Gasteiger partial charge < -0.3 is 10.2 Å². The van der Waals surface area contributed by atoms with Crippen molar-refractivity contribution in [1.29, 1.82) is 0 Å². The number of hydrogen-bond acceptors (Lipinski definition) is 3. The summed E-state index contributed by atoms with van der Waals surface area (Å²) in [6.07, 6.45) is 4.11. The Morgan fingerprint density at radius 2 is 1.85 bits per heavy atom. The summed E-state index contributed by atoms with van der Waals surface area (Å²) in [6.45, 7) is 1.32. The highest BCUT2D eigenvalue weighted by Crippen LogP contribution is 2.29. The molecule has 6 heteroatoms. The number of fused-ring (bicyclic) bond motifs is 1. The van der Waals surface area contributed by atoms with Crippen LogP contribution in [0.1, 0.15) is 21.5 Å². The van der Waals surface area contributed by atoms with Gasteiger partial charge >= 0.3 is 0 Å². The Balaban J connectivity index is 1.54. The molecule has 0 atom stereocenters. The Morgan fingerprint density at radius 1 is 1.04 bits per heavy atom. The van der Waals surface area contributed by atoms with Gasteiger partial charge in [-0.2, -0.15) is 0 Å². The third-order valence-electron chi connectivity index (χ3n) is 4.61. The van der Waals surface area contributed by atoms with Crippen molar-refractivity contribution in [2.24, 2.45) is 0 Å². The zero-order valence-corrected chi connectivity index (χ0v) is 16.0. The maximum Gasteiger partial charge on any atom is 0.255 e. The summed E-state index contributed by atoms with van der Waals surface area (Å²) in [7, 11) is 0. The molecule has 136 valence electrons. The lowest BCUT2D eigenvalue weighted by molar-refractivity contribution is 0.0734. The van der Waals surface area contributed by atoms with Crippen molar-refractivity contribution in [1.82, 2.24) is 9.88 Å². The number of anilines is 2. The van der Waals surface area contributed by atoms with E-state index >= 15 is 0 Å². The van der Waals surface area contributed by atoms with Crippen molar-refractivity contribution in [3.8, 4) is 0 Å². The lowest BCUT2D eigenvalue weighted by Crippen LogP contribution is -2.36. The van der Waals surface area contributed by atoms with E-state index < -0.39 is 0 Å². The van der Waals surface area contributed by atoms with Crippen LogP contribution >= 0.6 is 23.2 Å². The first kappa shape index (κ1) is 17.8. The van der Waals surface area contributed by atoms with Crippen molar-refractivity contribution in [3.05, 3.63) is 87.7 Å². The number of rotatable bonds is 3. The topological polar surface area (TPSA) is 45.2 Å². The van der Waals surface area contributed by atoms with Crippen LogP contribution in [0.15, 0.2) is 60.9 Å².